The van der Waals surface area contributed by atoms with E-state index in [1.165, 1.54) is 4.90 Å². The Balaban J connectivity index is 1.40. The summed E-state index contributed by atoms with van der Waals surface area (Å²) < 4.78 is 0. The molecule has 1 atom stereocenters. The van der Waals surface area contributed by atoms with Crippen molar-refractivity contribution in [2.75, 3.05) is 19.6 Å². The van der Waals surface area contributed by atoms with E-state index in [1.807, 2.05) is 4.90 Å². The van der Waals surface area contributed by atoms with Gasteiger partial charge in [-0.3, -0.25) is 4.79 Å². The molecule has 0 bridgehead atoms. The molecule has 1 aliphatic carbocycles. The summed E-state index contributed by atoms with van der Waals surface area (Å²) in [5, 5.41) is 9.04. The van der Waals surface area contributed by atoms with Gasteiger partial charge in [-0.1, -0.05) is 0 Å². The van der Waals surface area contributed by atoms with Crippen molar-refractivity contribution >= 4 is 12.0 Å². The molecule has 2 amide bonds. The van der Waals surface area contributed by atoms with Gasteiger partial charge in [0.1, 0.15) is 6.33 Å². The number of rotatable bonds is 1. The molecular formula is C16H20N4O3. The van der Waals surface area contributed by atoms with E-state index < -0.39 is 6.09 Å². The van der Waals surface area contributed by atoms with Crippen LogP contribution in [0.1, 0.15) is 30.5 Å². The summed E-state index contributed by atoms with van der Waals surface area (Å²) in [5.74, 6) is 0.299. The van der Waals surface area contributed by atoms with Crippen LogP contribution in [0.4, 0.5) is 4.79 Å². The van der Waals surface area contributed by atoms with Gasteiger partial charge in [0, 0.05) is 50.3 Å². The van der Waals surface area contributed by atoms with E-state index in [1.54, 1.807) is 12.5 Å². The molecule has 122 valence electrons. The number of amides is 2. The van der Waals surface area contributed by atoms with Gasteiger partial charge < -0.3 is 14.9 Å². The molecule has 7 nitrogen and oxygen atoms in total. The Morgan fingerprint density at radius 2 is 2.00 bits per heavy atom. The number of nitrogens with zero attached hydrogens (tertiary/aromatic N) is 4. The van der Waals surface area contributed by atoms with Gasteiger partial charge in [0.15, 0.2) is 0 Å². The molecule has 3 aliphatic rings. The van der Waals surface area contributed by atoms with Gasteiger partial charge in [-0.15, -0.1) is 0 Å². The number of aromatic nitrogens is 2. The lowest BCUT2D eigenvalue weighted by atomic mass is 9.90. The van der Waals surface area contributed by atoms with Crippen molar-refractivity contribution in [1.29, 1.82) is 0 Å². The average molecular weight is 316 g/mol. The van der Waals surface area contributed by atoms with Crippen molar-refractivity contribution in [2.45, 2.75) is 32.2 Å². The lowest BCUT2D eigenvalue weighted by Crippen LogP contribution is -2.41. The number of carboxylic acid groups (broad SMARTS) is 1. The lowest BCUT2D eigenvalue weighted by Gasteiger charge is -2.32. The molecule has 0 radical (unpaired) electrons. The Kier molecular flexibility index (Phi) is 3.25. The minimum absolute atomic E-state index is 0.0521. The summed E-state index contributed by atoms with van der Waals surface area (Å²) in [4.78, 5) is 35.5. The van der Waals surface area contributed by atoms with E-state index in [4.69, 9.17) is 5.11 Å². The van der Waals surface area contributed by atoms with E-state index >= 15 is 0 Å². The highest BCUT2D eigenvalue weighted by atomic mass is 16.4. The predicted molar refractivity (Wildman–Crippen MR) is 80.5 cm³/mol. The lowest BCUT2D eigenvalue weighted by molar-refractivity contribution is -0.134. The number of fused-ring (bicyclic) bond motifs is 1. The van der Waals surface area contributed by atoms with E-state index in [9.17, 15) is 9.59 Å². The van der Waals surface area contributed by atoms with Crippen molar-refractivity contribution in [3.05, 3.63) is 23.8 Å². The molecule has 0 aromatic carbocycles. The zero-order valence-corrected chi connectivity index (χ0v) is 12.9. The molecule has 1 N–H and O–H groups in total. The fourth-order valence-corrected chi connectivity index (χ4v) is 4.07. The minimum atomic E-state index is -0.851. The second-order valence-electron chi connectivity index (χ2n) is 6.89. The molecule has 1 saturated carbocycles. The molecule has 3 heterocycles. The second-order valence-corrected chi connectivity index (χ2v) is 6.89. The number of carbonyl (C=O) groups excluding carboxylic acids is 1. The molecule has 1 spiro atoms. The molecule has 0 unspecified atom stereocenters. The van der Waals surface area contributed by atoms with Gasteiger partial charge in [-0.2, -0.15) is 0 Å². The normalized spacial score (nSPS) is 25.1. The van der Waals surface area contributed by atoms with E-state index in [-0.39, 0.29) is 17.2 Å². The van der Waals surface area contributed by atoms with Gasteiger partial charge >= 0.3 is 6.09 Å². The number of likely N-dealkylation sites (tertiary alicyclic amines) is 1. The first-order valence-electron chi connectivity index (χ1n) is 8.13. The Hall–Kier alpha value is -2.18. The Bertz CT molecular complexity index is 654. The van der Waals surface area contributed by atoms with E-state index in [2.05, 4.69) is 9.97 Å². The minimum Gasteiger partial charge on any atom is -0.465 e. The summed E-state index contributed by atoms with van der Waals surface area (Å²) in [5.41, 5.74) is 2.14. The Morgan fingerprint density at radius 3 is 2.74 bits per heavy atom. The summed E-state index contributed by atoms with van der Waals surface area (Å²) in [6, 6.07) is 0. The molecular weight excluding hydrogens is 296 g/mol. The first-order valence-corrected chi connectivity index (χ1v) is 8.13. The highest BCUT2D eigenvalue weighted by molar-refractivity contribution is 5.83. The van der Waals surface area contributed by atoms with Crippen molar-refractivity contribution in [2.24, 2.45) is 11.3 Å². The first kappa shape index (κ1) is 14.4. The van der Waals surface area contributed by atoms with Crippen LogP contribution in [0.25, 0.3) is 0 Å². The van der Waals surface area contributed by atoms with Crippen molar-refractivity contribution in [1.82, 2.24) is 19.8 Å². The standard InChI is InChI=1S/C16H20N4O3/c21-14(20-4-1-13-11(9-20)8-17-10-18-13)12-7-16(12)2-5-19(6-3-16)15(22)23/h8,10,12H,1-7,9H2,(H,22,23)/t12-/m1/s1. The number of hydrogen-bond donors (Lipinski definition) is 1. The summed E-state index contributed by atoms with van der Waals surface area (Å²) >= 11 is 0. The van der Waals surface area contributed by atoms with Crippen LogP contribution in [0.2, 0.25) is 0 Å². The third-order valence-corrected chi connectivity index (χ3v) is 5.69. The molecule has 1 aromatic heterocycles. The van der Waals surface area contributed by atoms with Gasteiger partial charge in [0.25, 0.3) is 0 Å². The molecule has 23 heavy (non-hydrogen) atoms. The maximum absolute atomic E-state index is 12.8. The molecule has 2 aliphatic heterocycles. The fourth-order valence-electron chi connectivity index (χ4n) is 4.07. The van der Waals surface area contributed by atoms with Crippen molar-refractivity contribution < 1.29 is 14.7 Å². The van der Waals surface area contributed by atoms with Crippen LogP contribution in [-0.2, 0) is 17.8 Å². The van der Waals surface area contributed by atoms with Crippen LogP contribution in [0.15, 0.2) is 12.5 Å². The molecule has 4 rings (SSSR count). The van der Waals surface area contributed by atoms with Crippen LogP contribution in [-0.4, -0.2) is 56.5 Å². The molecule has 7 heteroatoms. The summed E-state index contributed by atoms with van der Waals surface area (Å²) in [6.07, 6.45) is 5.82. The SMILES string of the molecule is O=C(O)N1CCC2(CC1)C[C@@H]2C(=O)N1CCc2ncncc2C1. The second kappa shape index (κ2) is 5.18. The van der Waals surface area contributed by atoms with Crippen molar-refractivity contribution in [3.63, 3.8) is 0 Å². The number of carbonyl (C=O) groups is 2. The van der Waals surface area contributed by atoms with Crippen LogP contribution in [0, 0.1) is 11.3 Å². The quantitative estimate of drug-likeness (QED) is 0.839. The predicted octanol–water partition coefficient (Wildman–Crippen LogP) is 1.14. The Labute approximate surface area is 134 Å². The van der Waals surface area contributed by atoms with Gasteiger partial charge in [-0.05, 0) is 24.7 Å². The number of hydrogen-bond acceptors (Lipinski definition) is 4. The van der Waals surface area contributed by atoms with Crippen molar-refractivity contribution in [3.8, 4) is 0 Å². The molecule has 1 saturated heterocycles. The van der Waals surface area contributed by atoms with Gasteiger partial charge in [0.05, 0.1) is 5.69 Å². The van der Waals surface area contributed by atoms with Gasteiger partial charge in [-0.25, -0.2) is 14.8 Å². The maximum atomic E-state index is 12.8. The third kappa shape index (κ3) is 2.44. The zero-order chi connectivity index (χ0) is 16.0. The average Bonchev–Trinajstić information content (AvgIpc) is 3.27. The van der Waals surface area contributed by atoms with E-state index in [0.717, 1.165) is 43.5 Å². The zero-order valence-electron chi connectivity index (χ0n) is 12.9. The van der Waals surface area contributed by atoms with Crippen LogP contribution < -0.4 is 0 Å². The summed E-state index contributed by atoms with van der Waals surface area (Å²) in [6.45, 7) is 2.42. The summed E-state index contributed by atoms with van der Waals surface area (Å²) in [7, 11) is 0. The van der Waals surface area contributed by atoms with Crippen LogP contribution >= 0.6 is 0 Å². The van der Waals surface area contributed by atoms with Gasteiger partial charge in [0.2, 0.25) is 5.91 Å². The maximum Gasteiger partial charge on any atom is 0.407 e. The van der Waals surface area contributed by atoms with Crippen LogP contribution in [0.5, 0.6) is 0 Å². The molecule has 2 fully saturated rings. The molecule has 1 aromatic rings. The topological polar surface area (TPSA) is 86.6 Å². The largest absolute Gasteiger partial charge is 0.465 e. The Morgan fingerprint density at radius 1 is 1.22 bits per heavy atom. The monoisotopic (exact) mass is 316 g/mol. The number of piperidine rings is 1. The smallest absolute Gasteiger partial charge is 0.407 e. The highest BCUT2D eigenvalue weighted by Crippen LogP contribution is 2.60. The fraction of sp³-hybridized carbons (Fsp3) is 0.625. The third-order valence-electron chi connectivity index (χ3n) is 5.69. The van der Waals surface area contributed by atoms with E-state index in [0.29, 0.717) is 19.6 Å². The first-order chi connectivity index (χ1) is 11.1. The van der Waals surface area contributed by atoms with Crippen LogP contribution in [0.3, 0.4) is 0 Å². The highest BCUT2D eigenvalue weighted by Gasteiger charge is 2.59.